The zero-order chi connectivity index (χ0) is 12.4. The van der Waals surface area contributed by atoms with Crippen molar-refractivity contribution in [2.45, 2.75) is 45.1 Å². The van der Waals surface area contributed by atoms with E-state index in [1.807, 2.05) is 13.0 Å². The average molecular weight is 235 g/mol. The quantitative estimate of drug-likeness (QED) is 0.870. The van der Waals surface area contributed by atoms with E-state index in [2.05, 4.69) is 0 Å². The van der Waals surface area contributed by atoms with Crippen molar-refractivity contribution in [2.75, 3.05) is 0 Å². The summed E-state index contributed by atoms with van der Waals surface area (Å²) in [5, 5.41) is 8.77. The largest absolute Gasteiger partial charge is 0.481 e. The van der Waals surface area contributed by atoms with E-state index >= 15 is 0 Å². The molecule has 17 heavy (non-hydrogen) atoms. The number of aryl methyl sites for hydroxylation is 1. The highest BCUT2D eigenvalue weighted by Gasteiger charge is 2.20. The molecule has 0 unspecified atom stereocenters. The maximum absolute atomic E-state index is 12.2. The van der Waals surface area contributed by atoms with Gasteiger partial charge in [0.1, 0.15) is 0 Å². The summed E-state index contributed by atoms with van der Waals surface area (Å²) in [6.45, 7) is 1.91. The van der Waals surface area contributed by atoms with Crippen molar-refractivity contribution in [1.82, 2.24) is 4.57 Å². The van der Waals surface area contributed by atoms with E-state index in [1.54, 1.807) is 10.6 Å². The van der Waals surface area contributed by atoms with Gasteiger partial charge in [-0.1, -0.05) is 18.9 Å². The van der Waals surface area contributed by atoms with Crippen LogP contribution in [0.25, 0.3) is 0 Å². The van der Waals surface area contributed by atoms with Gasteiger partial charge in [-0.3, -0.25) is 9.59 Å². The Balaban J connectivity index is 2.42. The second-order valence-electron chi connectivity index (χ2n) is 4.68. The smallest absolute Gasteiger partial charge is 0.308 e. The molecule has 1 fully saturated rings. The van der Waals surface area contributed by atoms with Gasteiger partial charge in [-0.25, -0.2) is 0 Å². The Morgan fingerprint density at radius 3 is 2.65 bits per heavy atom. The first-order chi connectivity index (χ1) is 8.09. The number of hydrogen-bond acceptors (Lipinski definition) is 2. The molecular weight excluding hydrogens is 218 g/mol. The van der Waals surface area contributed by atoms with Crippen LogP contribution in [0.4, 0.5) is 0 Å². The van der Waals surface area contributed by atoms with Gasteiger partial charge in [0.25, 0.3) is 5.56 Å². The van der Waals surface area contributed by atoms with Crippen molar-refractivity contribution < 1.29 is 9.90 Å². The van der Waals surface area contributed by atoms with E-state index in [0.29, 0.717) is 5.56 Å². The van der Waals surface area contributed by atoms with Crippen molar-refractivity contribution >= 4 is 5.97 Å². The molecule has 4 nitrogen and oxygen atoms in total. The number of aromatic nitrogens is 1. The number of hydrogen-bond donors (Lipinski definition) is 1. The molecule has 1 aliphatic carbocycles. The van der Waals surface area contributed by atoms with E-state index in [4.69, 9.17) is 5.11 Å². The summed E-state index contributed by atoms with van der Waals surface area (Å²) in [6.07, 6.45) is 4.17. The lowest BCUT2D eigenvalue weighted by Gasteiger charge is -2.17. The van der Waals surface area contributed by atoms with E-state index in [1.165, 1.54) is 0 Å². The molecular formula is C13H17NO3. The topological polar surface area (TPSA) is 59.3 Å². The third kappa shape index (κ3) is 2.40. The van der Waals surface area contributed by atoms with Crippen LogP contribution in [-0.2, 0) is 11.2 Å². The minimum absolute atomic E-state index is 0.126. The molecule has 0 aromatic carbocycles. The fraction of sp³-hybridized carbons (Fsp3) is 0.538. The van der Waals surface area contributed by atoms with Gasteiger partial charge in [0.05, 0.1) is 6.42 Å². The second kappa shape index (κ2) is 4.73. The van der Waals surface area contributed by atoms with E-state index in [-0.39, 0.29) is 18.0 Å². The molecule has 1 aromatic rings. The standard InChI is InChI=1S/C13H17NO3/c1-9-6-7-10(8-12(15)16)13(17)14(9)11-4-2-3-5-11/h6-7,11H,2-5,8H2,1H3,(H,15,16). The predicted molar refractivity (Wildman–Crippen MR) is 64.3 cm³/mol. The van der Waals surface area contributed by atoms with Crippen molar-refractivity contribution in [3.8, 4) is 0 Å². The van der Waals surface area contributed by atoms with E-state index < -0.39 is 5.97 Å². The van der Waals surface area contributed by atoms with Gasteiger partial charge >= 0.3 is 5.97 Å². The van der Waals surface area contributed by atoms with Crippen molar-refractivity contribution in [1.29, 1.82) is 0 Å². The third-order valence-electron chi connectivity index (χ3n) is 3.43. The lowest BCUT2D eigenvalue weighted by atomic mass is 10.1. The van der Waals surface area contributed by atoms with Gasteiger partial charge in [-0.2, -0.15) is 0 Å². The lowest BCUT2D eigenvalue weighted by Crippen LogP contribution is -2.29. The molecule has 0 radical (unpaired) electrons. The van der Waals surface area contributed by atoms with Gasteiger partial charge < -0.3 is 9.67 Å². The van der Waals surface area contributed by atoms with Crippen LogP contribution in [0.15, 0.2) is 16.9 Å². The first-order valence-electron chi connectivity index (χ1n) is 6.02. The highest BCUT2D eigenvalue weighted by molar-refractivity contribution is 5.69. The predicted octanol–water partition coefficient (Wildman–Crippen LogP) is 1.90. The van der Waals surface area contributed by atoms with Gasteiger partial charge in [0.15, 0.2) is 0 Å². The molecule has 92 valence electrons. The molecule has 0 spiro atoms. The maximum Gasteiger partial charge on any atom is 0.308 e. The zero-order valence-corrected chi connectivity index (χ0v) is 9.98. The molecule has 1 aromatic heterocycles. The molecule has 1 saturated carbocycles. The molecule has 0 bridgehead atoms. The first-order valence-corrected chi connectivity index (χ1v) is 6.02. The summed E-state index contributed by atoms with van der Waals surface area (Å²) in [7, 11) is 0. The minimum Gasteiger partial charge on any atom is -0.481 e. The number of carboxylic acids is 1. The van der Waals surface area contributed by atoms with Gasteiger partial charge in [-0.15, -0.1) is 0 Å². The molecule has 1 aliphatic rings. The summed E-state index contributed by atoms with van der Waals surface area (Å²) >= 11 is 0. The summed E-state index contributed by atoms with van der Waals surface area (Å²) in [5.74, 6) is -0.955. The van der Waals surface area contributed by atoms with Crippen LogP contribution >= 0.6 is 0 Å². The Morgan fingerprint density at radius 1 is 1.41 bits per heavy atom. The number of carbonyl (C=O) groups is 1. The van der Waals surface area contributed by atoms with Crippen molar-refractivity contribution in [2.24, 2.45) is 0 Å². The molecule has 0 atom stereocenters. The average Bonchev–Trinajstić information content (AvgIpc) is 2.75. The first kappa shape index (κ1) is 11.9. The van der Waals surface area contributed by atoms with Crippen molar-refractivity contribution in [3.05, 3.63) is 33.7 Å². The number of rotatable bonds is 3. The normalized spacial score (nSPS) is 16.3. The molecule has 4 heteroatoms. The fourth-order valence-electron chi connectivity index (χ4n) is 2.60. The Morgan fingerprint density at radius 2 is 2.06 bits per heavy atom. The highest BCUT2D eigenvalue weighted by atomic mass is 16.4. The Kier molecular flexibility index (Phi) is 3.31. The van der Waals surface area contributed by atoms with Crippen LogP contribution in [0.5, 0.6) is 0 Å². The number of nitrogens with zero attached hydrogens (tertiary/aromatic N) is 1. The van der Waals surface area contributed by atoms with Gasteiger partial charge in [0, 0.05) is 17.3 Å². The Bertz CT molecular complexity index is 484. The van der Waals surface area contributed by atoms with Crippen LogP contribution in [0, 0.1) is 6.92 Å². The van der Waals surface area contributed by atoms with Crippen LogP contribution in [-0.4, -0.2) is 15.6 Å². The van der Waals surface area contributed by atoms with E-state index in [0.717, 1.165) is 31.4 Å². The summed E-state index contributed by atoms with van der Waals surface area (Å²) in [6, 6.07) is 3.74. The van der Waals surface area contributed by atoms with Crippen LogP contribution in [0.1, 0.15) is 43.0 Å². The maximum atomic E-state index is 12.2. The number of pyridine rings is 1. The molecule has 2 rings (SSSR count). The molecule has 0 amide bonds. The van der Waals surface area contributed by atoms with Crippen LogP contribution < -0.4 is 5.56 Å². The third-order valence-corrected chi connectivity index (χ3v) is 3.43. The lowest BCUT2D eigenvalue weighted by molar-refractivity contribution is -0.136. The molecule has 0 aliphatic heterocycles. The van der Waals surface area contributed by atoms with Gasteiger partial charge in [0.2, 0.25) is 0 Å². The van der Waals surface area contributed by atoms with Crippen LogP contribution in [0.3, 0.4) is 0 Å². The number of aliphatic carboxylic acids is 1. The molecule has 0 saturated heterocycles. The summed E-state index contributed by atoms with van der Waals surface area (Å²) < 4.78 is 1.78. The zero-order valence-electron chi connectivity index (χ0n) is 9.98. The highest BCUT2D eigenvalue weighted by Crippen LogP contribution is 2.29. The summed E-state index contributed by atoms with van der Waals surface area (Å²) in [5.41, 5.74) is 1.19. The monoisotopic (exact) mass is 235 g/mol. The molecule has 1 heterocycles. The summed E-state index contributed by atoms with van der Waals surface area (Å²) in [4.78, 5) is 22.9. The van der Waals surface area contributed by atoms with E-state index in [9.17, 15) is 9.59 Å². The minimum atomic E-state index is -0.955. The second-order valence-corrected chi connectivity index (χ2v) is 4.68. The Labute approximate surface area is 99.9 Å². The fourth-order valence-corrected chi connectivity index (χ4v) is 2.60. The molecule has 1 N–H and O–H groups in total. The Hall–Kier alpha value is -1.58. The SMILES string of the molecule is Cc1ccc(CC(=O)O)c(=O)n1C1CCCC1. The van der Waals surface area contributed by atoms with Crippen molar-refractivity contribution in [3.63, 3.8) is 0 Å². The van der Waals surface area contributed by atoms with Crippen LogP contribution in [0.2, 0.25) is 0 Å². The van der Waals surface area contributed by atoms with Gasteiger partial charge in [-0.05, 0) is 25.8 Å². The number of carboxylic acid groups (broad SMARTS) is 1.